The van der Waals surface area contributed by atoms with Crippen LogP contribution in [0.5, 0.6) is 0 Å². The van der Waals surface area contributed by atoms with Crippen LogP contribution in [-0.2, 0) is 4.79 Å². The van der Waals surface area contributed by atoms with Crippen molar-refractivity contribution in [3.63, 3.8) is 0 Å². The molecule has 86 valence electrons. The minimum Gasteiger partial charge on any atom is -0.397 e. The molecule has 0 aromatic heterocycles. The highest BCUT2D eigenvalue weighted by atomic mass is 35.5. The van der Waals surface area contributed by atoms with Gasteiger partial charge in [-0.15, -0.1) is 0 Å². The van der Waals surface area contributed by atoms with E-state index in [9.17, 15) is 4.79 Å². The predicted molar refractivity (Wildman–Crippen MR) is 65.5 cm³/mol. The quantitative estimate of drug-likeness (QED) is 0.771. The second-order valence-corrected chi connectivity index (χ2v) is 4.36. The lowest BCUT2D eigenvalue weighted by molar-refractivity contribution is -0.127. The number of nitrogen functional groups attached to an aromatic ring is 1. The highest BCUT2D eigenvalue weighted by Crippen LogP contribution is 2.29. The first-order chi connectivity index (χ1) is 7.59. The first kappa shape index (κ1) is 11.1. The number of amides is 1. The van der Waals surface area contributed by atoms with Crippen molar-refractivity contribution in [1.82, 2.24) is 4.90 Å². The molecule has 3 N–H and O–H groups in total. The van der Waals surface area contributed by atoms with E-state index >= 15 is 0 Å². The molecule has 1 amide bonds. The largest absolute Gasteiger partial charge is 0.397 e. The van der Waals surface area contributed by atoms with Crippen molar-refractivity contribution in [2.45, 2.75) is 12.5 Å². The standard InChI is InChI=1S/C11H14ClN3O/c1-15-6-5-9(11(15)16)14-10-7(12)3-2-4-8(10)13/h2-4,9,14H,5-6,13H2,1H3. The van der Waals surface area contributed by atoms with Gasteiger partial charge in [0, 0.05) is 13.6 Å². The third-order valence-electron chi connectivity index (χ3n) is 2.79. The molecule has 1 atom stereocenters. The smallest absolute Gasteiger partial charge is 0.244 e. The molecule has 0 radical (unpaired) electrons. The maximum absolute atomic E-state index is 11.7. The lowest BCUT2D eigenvalue weighted by Gasteiger charge is -2.16. The summed E-state index contributed by atoms with van der Waals surface area (Å²) < 4.78 is 0. The van der Waals surface area contributed by atoms with Crippen molar-refractivity contribution in [3.8, 4) is 0 Å². The average Bonchev–Trinajstić information content (AvgIpc) is 2.55. The van der Waals surface area contributed by atoms with E-state index in [0.29, 0.717) is 16.4 Å². The van der Waals surface area contributed by atoms with Crippen LogP contribution in [0.3, 0.4) is 0 Å². The van der Waals surface area contributed by atoms with Crippen molar-refractivity contribution in [3.05, 3.63) is 23.2 Å². The van der Waals surface area contributed by atoms with Gasteiger partial charge in [0.2, 0.25) is 5.91 Å². The van der Waals surface area contributed by atoms with E-state index in [1.165, 1.54) is 0 Å². The van der Waals surface area contributed by atoms with Crippen LogP contribution in [0.15, 0.2) is 18.2 Å². The Labute approximate surface area is 99.4 Å². The minimum absolute atomic E-state index is 0.0827. The Morgan fingerprint density at radius 3 is 2.88 bits per heavy atom. The average molecular weight is 240 g/mol. The van der Waals surface area contributed by atoms with E-state index in [-0.39, 0.29) is 11.9 Å². The van der Waals surface area contributed by atoms with Crippen LogP contribution in [0.2, 0.25) is 5.02 Å². The number of carbonyl (C=O) groups is 1. The molecule has 1 unspecified atom stereocenters. The number of anilines is 2. The summed E-state index contributed by atoms with van der Waals surface area (Å²) in [4.78, 5) is 13.4. The molecule has 0 aliphatic carbocycles. The summed E-state index contributed by atoms with van der Waals surface area (Å²) in [6, 6.07) is 5.08. The molecule has 1 aliphatic rings. The first-order valence-electron chi connectivity index (χ1n) is 5.15. The topological polar surface area (TPSA) is 58.4 Å². The molecule has 0 spiro atoms. The number of para-hydroxylation sites is 1. The molecular formula is C11H14ClN3O. The summed E-state index contributed by atoms with van der Waals surface area (Å²) in [6.07, 6.45) is 0.778. The molecule has 1 saturated heterocycles. The van der Waals surface area contributed by atoms with E-state index < -0.39 is 0 Å². The van der Waals surface area contributed by atoms with Gasteiger partial charge in [0.05, 0.1) is 16.4 Å². The van der Waals surface area contributed by atoms with Gasteiger partial charge >= 0.3 is 0 Å². The fraction of sp³-hybridized carbons (Fsp3) is 0.364. The SMILES string of the molecule is CN1CCC(Nc2c(N)cccc2Cl)C1=O. The first-order valence-corrected chi connectivity index (χ1v) is 5.53. The van der Waals surface area contributed by atoms with Gasteiger partial charge in [-0.05, 0) is 18.6 Å². The summed E-state index contributed by atoms with van der Waals surface area (Å²) >= 11 is 6.02. The third-order valence-corrected chi connectivity index (χ3v) is 3.11. The lowest BCUT2D eigenvalue weighted by atomic mass is 10.2. The molecule has 1 aromatic rings. The van der Waals surface area contributed by atoms with Crippen LogP contribution in [0.4, 0.5) is 11.4 Å². The molecule has 0 saturated carbocycles. The zero-order valence-electron chi connectivity index (χ0n) is 9.03. The number of carbonyl (C=O) groups excluding carboxylic acids is 1. The monoisotopic (exact) mass is 239 g/mol. The highest BCUT2D eigenvalue weighted by molar-refractivity contribution is 6.34. The molecule has 1 fully saturated rings. The summed E-state index contributed by atoms with van der Waals surface area (Å²) in [5.74, 6) is 0.0827. The Bertz CT molecular complexity index is 401. The van der Waals surface area contributed by atoms with Crippen molar-refractivity contribution in [2.75, 3.05) is 24.6 Å². The minimum atomic E-state index is -0.216. The summed E-state index contributed by atoms with van der Waals surface area (Å²) in [7, 11) is 1.79. The fourth-order valence-electron chi connectivity index (χ4n) is 1.82. The Kier molecular flexibility index (Phi) is 2.92. The van der Waals surface area contributed by atoms with Crippen LogP contribution < -0.4 is 11.1 Å². The second-order valence-electron chi connectivity index (χ2n) is 3.95. The summed E-state index contributed by atoms with van der Waals surface area (Å²) in [5, 5.41) is 3.65. The number of benzene rings is 1. The van der Waals surface area contributed by atoms with Gasteiger partial charge in [-0.3, -0.25) is 4.79 Å². The van der Waals surface area contributed by atoms with E-state index in [4.69, 9.17) is 17.3 Å². The lowest BCUT2D eigenvalue weighted by Crippen LogP contribution is -2.31. The number of halogens is 1. The maximum atomic E-state index is 11.7. The van der Waals surface area contributed by atoms with Gasteiger partial charge in [-0.1, -0.05) is 17.7 Å². The van der Waals surface area contributed by atoms with Crippen LogP contribution in [0.25, 0.3) is 0 Å². The van der Waals surface area contributed by atoms with E-state index in [2.05, 4.69) is 5.32 Å². The van der Waals surface area contributed by atoms with Crippen LogP contribution in [0.1, 0.15) is 6.42 Å². The van der Waals surface area contributed by atoms with Crippen molar-refractivity contribution in [2.24, 2.45) is 0 Å². The van der Waals surface area contributed by atoms with Gasteiger partial charge in [0.15, 0.2) is 0 Å². The fourth-order valence-corrected chi connectivity index (χ4v) is 2.06. The Morgan fingerprint density at radius 1 is 1.56 bits per heavy atom. The number of nitrogens with two attached hydrogens (primary N) is 1. The summed E-state index contributed by atoms with van der Waals surface area (Å²) in [6.45, 7) is 0.765. The molecule has 0 bridgehead atoms. The molecule has 1 aliphatic heterocycles. The van der Waals surface area contributed by atoms with Crippen LogP contribution in [0, 0.1) is 0 Å². The maximum Gasteiger partial charge on any atom is 0.244 e. The van der Waals surface area contributed by atoms with E-state index in [1.54, 1.807) is 30.1 Å². The van der Waals surface area contributed by atoms with E-state index in [1.807, 2.05) is 0 Å². The van der Waals surface area contributed by atoms with Gasteiger partial charge in [0.1, 0.15) is 6.04 Å². The second kappa shape index (κ2) is 4.22. The van der Waals surface area contributed by atoms with Crippen molar-refractivity contribution in [1.29, 1.82) is 0 Å². The number of likely N-dealkylation sites (N-methyl/N-ethyl adjacent to an activating group) is 1. The number of hydrogen-bond acceptors (Lipinski definition) is 3. The molecule has 16 heavy (non-hydrogen) atoms. The Hall–Kier alpha value is -1.42. The van der Waals surface area contributed by atoms with Crippen LogP contribution >= 0.6 is 11.6 Å². The third kappa shape index (κ3) is 1.93. The molecule has 4 nitrogen and oxygen atoms in total. The van der Waals surface area contributed by atoms with Gasteiger partial charge in [-0.25, -0.2) is 0 Å². The molecule has 1 heterocycles. The van der Waals surface area contributed by atoms with Crippen molar-refractivity contribution < 1.29 is 4.79 Å². The molecular weight excluding hydrogens is 226 g/mol. The number of nitrogens with zero attached hydrogens (tertiary/aromatic N) is 1. The molecule has 1 aromatic carbocycles. The normalized spacial score (nSPS) is 20.2. The zero-order valence-corrected chi connectivity index (χ0v) is 9.79. The van der Waals surface area contributed by atoms with Gasteiger partial charge in [0.25, 0.3) is 0 Å². The zero-order chi connectivity index (χ0) is 11.7. The molecule has 2 rings (SSSR count). The van der Waals surface area contributed by atoms with E-state index in [0.717, 1.165) is 13.0 Å². The number of rotatable bonds is 2. The highest BCUT2D eigenvalue weighted by Gasteiger charge is 2.29. The Morgan fingerprint density at radius 2 is 2.31 bits per heavy atom. The number of likely N-dealkylation sites (tertiary alicyclic amines) is 1. The predicted octanol–water partition coefficient (Wildman–Crippen LogP) is 1.56. The number of nitrogens with one attached hydrogen (secondary N) is 1. The molecule has 5 heteroatoms. The van der Waals surface area contributed by atoms with Gasteiger partial charge < -0.3 is 16.0 Å². The van der Waals surface area contributed by atoms with Gasteiger partial charge in [-0.2, -0.15) is 0 Å². The summed E-state index contributed by atoms with van der Waals surface area (Å²) in [5.41, 5.74) is 7.02. The van der Waals surface area contributed by atoms with Crippen molar-refractivity contribution >= 4 is 28.9 Å². The Balaban J connectivity index is 2.19. The van der Waals surface area contributed by atoms with Crippen LogP contribution in [-0.4, -0.2) is 30.4 Å². The number of hydrogen-bond donors (Lipinski definition) is 2.